The van der Waals surface area contributed by atoms with Crippen LogP contribution in [-0.2, 0) is 16.0 Å². The Bertz CT molecular complexity index is 866. The van der Waals surface area contributed by atoms with Crippen molar-refractivity contribution >= 4 is 23.3 Å². The van der Waals surface area contributed by atoms with E-state index in [4.69, 9.17) is 15.2 Å². The Morgan fingerprint density at radius 1 is 1.21 bits per heavy atom. The molecule has 2 rings (SSSR count). The first kappa shape index (κ1) is 20.7. The van der Waals surface area contributed by atoms with Gasteiger partial charge in [-0.2, -0.15) is 0 Å². The first-order chi connectivity index (χ1) is 13.3. The van der Waals surface area contributed by atoms with Crippen molar-refractivity contribution in [3.05, 3.63) is 63.7 Å². The van der Waals surface area contributed by atoms with E-state index in [2.05, 4.69) is 5.32 Å². The second-order valence-electron chi connectivity index (χ2n) is 5.97. The Morgan fingerprint density at radius 2 is 1.89 bits per heavy atom. The summed E-state index contributed by atoms with van der Waals surface area (Å²) >= 11 is 0. The molecule has 0 aliphatic carbocycles. The summed E-state index contributed by atoms with van der Waals surface area (Å²) in [7, 11) is 1.58. The number of methoxy groups -OCH3 is 1. The van der Waals surface area contributed by atoms with Gasteiger partial charge in [-0.15, -0.1) is 0 Å². The van der Waals surface area contributed by atoms with E-state index in [-0.39, 0.29) is 11.3 Å². The van der Waals surface area contributed by atoms with Gasteiger partial charge < -0.3 is 20.5 Å². The highest BCUT2D eigenvalue weighted by Crippen LogP contribution is 2.23. The SMILES string of the molecule is COc1ccc(CCNC(=O)C(C)OC(=O)c2ccc(N)c([N+](=O)[O-])c2)cc1. The van der Waals surface area contributed by atoms with E-state index in [0.717, 1.165) is 17.4 Å². The summed E-state index contributed by atoms with van der Waals surface area (Å²) in [5.74, 6) is -0.566. The van der Waals surface area contributed by atoms with Crippen LogP contribution in [0.25, 0.3) is 0 Å². The van der Waals surface area contributed by atoms with Gasteiger partial charge in [0.2, 0.25) is 0 Å². The fourth-order valence-corrected chi connectivity index (χ4v) is 2.38. The van der Waals surface area contributed by atoms with Crippen LogP contribution in [0.15, 0.2) is 42.5 Å². The molecule has 0 saturated heterocycles. The van der Waals surface area contributed by atoms with Crippen molar-refractivity contribution in [3.63, 3.8) is 0 Å². The minimum atomic E-state index is -1.06. The minimum Gasteiger partial charge on any atom is -0.497 e. The topological polar surface area (TPSA) is 134 Å². The summed E-state index contributed by atoms with van der Waals surface area (Å²) in [6.45, 7) is 1.78. The summed E-state index contributed by atoms with van der Waals surface area (Å²) in [5.41, 5.74) is 5.99. The standard InChI is InChI=1S/C19H21N3O6/c1-12(18(23)21-10-9-13-3-6-15(27-2)7-4-13)28-19(24)14-5-8-16(20)17(11-14)22(25)26/h3-8,11-12H,9-10,20H2,1-2H3,(H,21,23). The number of esters is 1. The zero-order valence-corrected chi connectivity index (χ0v) is 15.5. The lowest BCUT2D eigenvalue weighted by atomic mass is 10.1. The number of carbonyl (C=O) groups excluding carboxylic acids is 2. The zero-order chi connectivity index (χ0) is 20.7. The van der Waals surface area contributed by atoms with Crippen molar-refractivity contribution in [2.24, 2.45) is 0 Å². The largest absolute Gasteiger partial charge is 0.497 e. The number of hydrogen-bond donors (Lipinski definition) is 2. The van der Waals surface area contributed by atoms with Crippen LogP contribution < -0.4 is 15.8 Å². The van der Waals surface area contributed by atoms with Gasteiger partial charge >= 0.3 is 5.97 Å². The number of ether oxygens (including phenoxy) is 2. The molecule has 0 aliphatic heterocycles. The second kappa shape index (κ2) is 9.36. The molecule has 1 unspecified atom stereocenters. The third-order valence-corrected chi connectivity index (χ3v) is 3.99. The lowest BCUT2D eigenvalue weighted by Gasteiger charge is -2.14. The third kappa shape index (κ3) is 5.44. The lowest BCUT2D eigenvalue weighted by Crippen LogP contribution is -2.36. The smallest absolute Gasteiger partial charge is 0.339 e. The van der Waals surface area contributed by atoms with Crippen molar-refractivity contribution in [1.82, 2.24) is 5.32 Å². The monoisotopic (exact) mass is 387 g/mol. The van der Waals surface area contributed by atoms with Gasteiger partial charge in [0.25, 0.3) is 11.6 Å². The molecular weight excluding hydrogens is 366 g/mol. The first-order valence-corrected chi connectivity index (χ1v) is 8.47. The maximum absolute atomic E-state index is 12.1. The van der Waals surface area contributed by atoms with Gasteiger partial charge in [0.15, 0.2) is 6.10 Å². The van der Waals surface area contributed by atoms with E-state index < -0.39 is 28.6 Å². The molecule has 0 radical (unpaired) electrons. The van der Waals surface area contributed by atoms with Gasteiger partial charge in [-0.25, -0.2) is 4.79 Å². The minimum absolute atomic E-state index is 0.0567. The number of carbonyl (C=O) groups is 2. The molecular formula is C19H21N3O6. The highest BCUT2D eigenvalue weighted by Gasteiger charge is 2.21. The van der Waals surface area contributed by atoms with Crippen molar-refractivity contribution in [3.8, 4) is 5.75 Å². The number of nitrogens with one attached hydrogen (secondary N) is 1. The van der Waals surface area contributed by atoms with E-state index in [1.165, 1.54) is 19.1 Å². The van der Waals surface area contributed by atoms with Gasteiger partial charge in [0.05, 0.1) is 17.6 Å². The van der Waals surface area contributed by atoms with E-state index in [1.807, 2.05) is 24.3 Å². The molecule has 0 fully saturated rings. The Morgan fingerprint density at radius 3 is 2.50 bits per heavy atom. The van der Waals surface area contributed by atoms with Crippen LogP contribution in [0.2, 0.25) is 0 Å². The molecule has 9 nitrogen and oxygen atoms in total. The summed E-state index contributed by atoms with van der Waals surface area (Å²) in [5, 5.41) is 13.6. The van der Waals surface area contributed by atoms with E-state index in [0.29, 0.717) is 13.0 Å². The first-order valence-electron chi connectivity index (χ1n) is 8.47. The zero-order valence-electron chi connectivity index (χ0n) is 15.5. The van der Waals surface area contributed by atoms with Gasteiger partial charge in [0.1, 0.15) is 11.4 Å². The molecule has 9 heteroatoms. The molecule has 28 heavy (non-hydrogen) atoms. The number of nitrogens with two attached hydrogens (primary N) is 1. The van der Waals surface area contributed by atoms with Crippen molar-refractivity contribution < 1.29 is 24.0 Å². The van der Waals surface area contributed by atoms with E-state index >= 15 is 0 Å². The van der Waals surface area contributed by atoms with Crippen LogP contribution in [0.3, 0.4) is 0 Å². The molecule has 3 N–H and O–H groups in total. The third-order valence-electron chi connectivity index (χ3n) is 3.99. The molecule has 1 amide bonds. The number of nitro groups is 1. The fourth-order valence-electron chi connectivity index (χ4n) is 2.38. The summed E-state index contributed by atoms with van der Waals surface area (Å²) in [4.78, 5) is 34.4. The molecule has 0 bridgehead atoms. The van der Waals surface area contributed by atoms with Crippen molar-refractivity contribution in [2.75, 3.05) is 19.4 Å². The van der Waals surface area contributed by atoms with Gasteiger partial charge in [-0.3, -0.25) is 14.9 Å². The number of rotatable bonds is 8. The number of hydrogen-bond acceptors (Lipinski definition) is 7. The molecule has 0 heterocycles. The van der Waals surface area contributed by atoms with Crippen LogP contribution in [0.5, 0.6) is 5.75 Å². The Hall–Kier alpha value is -3.62. The number of nitro benzene ring substituents is 1. The van der Waals surface area contributed by atoms with Gasteiger partial charge in [0, 0.05) is 12.6 Å². The Labute approximate surface area is 161 Å². The Balaban J connectivity index is 1.86. The summed E-state index contributed by atoms with van der Waals surface area (Å²) < 4.78 is 10.2. The average Bonchev–Trinajstić information content (AvgIpc) is 2.68. The molecule has 1 atom stereocenters. The maximum atomic E-state index is 12.1. The predicted molar refractivity (Wildman–Crippen MR) is 102 cm³/mol. The number of nitrogen functional groups attached to an aromatic ring is 1. The molecule has 0 aliphatic rings. The molecule has 0 aromatic heterocycles. The molecule has 148 valence electrons. The highest BCUT2D eigenvalue weighted by atomic mass is 16.6. The van der Waals surface area contributed by atoms with Gasteiger partial charge in [-0.1, -0.05) is 12.1 Å². The maximum Gasteiger partial charge on any atom is 0.339 e. The molecule has 2 aromatic rings. The van der Waals surface area contributed by atoms with Gasteiger partial charge in [-0.05, 0) is 43.2 Å². The quantitative estimate of drug-likeness (QED) is 0.306. The van der Waals surface area contributed by atoms with E-state index in [1.54, 1.807) is 7.11 Å². The molecule has 0 saturated carbocycles. The highest BCUT2D eigenvalue weighted by molar-refractivity contribution is 5.93. The van der Waals surface area contributed by atoms with Crippen LogP contribution in [0.4, 0.5) is 11.4 Å². The van der Waals surface area contributed by atoms with Crippen molar-refractivity contribution in [2.45, 2.75) is 19.4 Å². The molecule has 0 spiro atoms. The number of nitrogens with zero attached hydrogens (tertiary/aromatic N) is 1. The number of benzene rings is 2. The van der Waals surface area contributed by atoms with Crippen LogP contribution in [0.1, 0.15) is 22.8 Å². The fraction of sp³-hybridized carbons (Fsp3) is 0.263. The van der Waals surface area contributed by atoms with Crippen LogP contribution in [0, 0.1) is 10.1 Å². The average molecular weight is 387 g/mol. The Kier molecular flexibility index (Phi) is 6.91. The number of amides is 1. The van der Waals surface area contributed by atoms with Crippen LogP contribution in [-0.4, -0.2) is 36.6 Å². The van der Waals surface area contributed by atoms with Crippen molar-refractivity contribution in [1.29, 1.82) is 0 Å². The van der Waals surface area contributed by atoms with Crippen LogP contribution >= 0.6 is 0 Å². The summed E-state index contributed by atoms with van der Waals surface area (Å²) in [6.07, 6.45) is -0.458. The summed E-state index contributed by atoms with van der Waals surface area (Å²) in [6, 6.07) is 11.0. The normalized spacial score (nSPS) is 11.4. The number of anilines is 1. The lowest BCUT2D eigenvalue weighted by molar-refractivity contribution is -0.383. The van der Waals surface area contributed by atoms with E-state index in [9.17, 15) is 19.7 Å². The second-order valence-corrected chi connectivity index (χ2v) is 5.97. The predicted octanol–water partition coefficient (Wildman–Crippen LogP) is 2.09. The molecule has 2 aromatic carbocycles.